The van der Waals surface area contributed by atoms with Crippen molar-refractivity contribution >= 4 is 18.3 Å². The molecule has 5 nitrogen and oxygen atoms in total. The fraction of sp³-hybridized carbons (Fsp3) is 0.333. The smallest absolute Gasteiger partial charge is 0.252 e. The van der Waals surface area contributed by atoms with E-state index in [4.69, 9.17) is 5.73 Å². The number of para-hydroxylation sites is 1. The summed E-state index contributed by atoms with van der Waals surface area (Å²) in [6, 6.07) is 5.10. The van der Waals surface area contributed by atoms with Gasteiger partial charge in [0, 0.05) is 23.4 Å². The zero-order valence-electron chi connectivity index (χ0n) is 11.9. The minimum Gasteiger partial charge on any atom is -0.507 e. The number of nitrogens with zero attached hydrogens (tertiary/aromatic N) is 1. The predicted octanol–water partition coefficient (Wildman–Crippen LogP) is 2.96. The molecule has 1 atom stereocenters. The topological polar surface area (TPSA) is 92.0 Å². The maximum absolute atomic E-state index is 11.3. The Labute approximate surface area is 130 Å². The summed E-state index contributed by atoms with van der Waals surface area (Å²) < 4.78 is 0. The summed E-state index contributed by atoms with van der Waals surface area (Å²) in [6.07, 6.45) is 6.30. The summed E-state index contributed by atoms with van der Waals surface area (Å²) in [4.78, 5) is 18.5. The van der Waals surface area contributed by atoms with Gasteiger partial charge in [-0.1, -0.05) is 31.9 Å². The number of nitrogens with two attached hydrogens (primary N) is 1. The number of hydrogen-bond donors (Lipinski definition) is 3. The van der Waals surface area contributed by atoms with E-state index in [1.807, 2.05) is 6.07 Å². The Kier molecular flexibility index (Phi) is 6.24. The molecule has 1 aromatic carbocycles. The first-order valence-corrected chi connectivity index (χ1v) is 6.75. The Hall–Kier alpha value is -2.01. The molecule has 0 saturated carbocycles. The molecular formula is C15H20ClN3O2. The van der Waals surface area contributed by atoms with E-state index < -0.39 is 5.91 Å². The average molecular weight is 310 g/mol. The predicted molar refractivity (Wildman–Crippen MR) is 83.8 cm³/mol. The number of imidazole rings is 1. The fourth-order valence-corrected chi connectivity index (χ4v) is 2.39. The fourth-order valence-electron chi connectivity index (χ4n) is 2.39. The first kappa shape index (κ1) is 17.0. The van der Waals surface area contributed by atoms with Crippen molar-refractivity contribution in [1.82, 2.24) is 9.97 Å². The van der Waals surface area contributed by atoms with Crippen LogP contribution < -0.4 is 5.73 Å². The first-order chi connectivity index (χ1) is 9.65. The van der Waals surface area contributed by atoms with Crippen molar-refractivity contribution < 1.29 is 9.90 Å². The van der Waals surface area contributed by atoms with Gasteiger partial charge >= 0.3 is 0 Å². The van der Waals surface area contributed by atoms with Crippen molar-refractivity contribution in [3.8, 4) is 5.75 Å². The molecule has 21 heavy (non-hydrogen) atoms. The highest BCUT2D eigenvalue weighted by Crippen LogP contribution is 2.35. The highest BCUT2D eigenvalue weighted by Gasteiger charge is 2.21. The third kappa shape index (κ3) is 3.76. The van der Waals surface area contributed by atoms with Crippen LogP contribution in [-0.4, -0.2) is 21.0 Å². The van der Waals surface area contributed by atoms with Crippen LogP contribution in [0.1, 0.15) is 53.7 Å². The molecule has 0 fully saturated rings. The molecule has 2 rings (SSSR count). The second-order valence-corrected chi connectivity index (χ2v) is 4.81. The molecule has 2 aromatic rings. The number of carbonyl (C=O) groups excluding carboxylic acids is 1. The van der Waals surface area contributed by atoms with Gasteiger partial charge in [0.15, 0.2) is 0 Å². The molecule has 0 aliphatic rings. The number of primary amides is 1. The van der Waals surface area contributed by atoms with Gasteiger partial charge in [-0.2, -0.15) is 0 Å². The Balaban J connectivity index is 0.00000220. The van der Waals surface area contributed by atoms with Crippen LogP contribution in [0.4, 0.5) is 0 Å². The summed E-state index contributed by atoms with van der Waals surface area (Å²) in [6.45, 7) is 2.11. The van der Waals surface area contributed by atoms with E-state index in [1.54, 1.807) is 18.6 Å². The van der Waals surface area contributed by atoms with Crippen LogP contribution in [0, 0.1) is 0 Å². The SMILES string of the molecule is CCCCC(c1cnc[nH]1)c1cccc(C(N)=O)c1O.Cl. The second-order valence-electron chi connectivity index (χ2n) is 4.81. The Morgan fingerprint density at radius 2 is 2.24 bits per heavy atom. The lowest BCUT2D eigenvalue weighted by atomic mass is 9.89. The number of H-pyrrole nitrogens is 1. The summed E-state index contributed by atoms with van der Waals surface area (Å²) in [5.41, 5.74) is 7.07. The van der Waals surface area contributed by atoms with E-state index >= 15 is 0 Å². The maximum Gasteiger partial charge on any atom is 0.252 e. The van der Waals surface area contributed by atoms with Crippen molar-refractivity contribution in [2.24, 2.45) is 5.73 Å². The molecule has 0 radical (unpaired) electrons. The number of halogens is 1. The summed E-state index contributed by atoms with van der Waals surface area (Å²) in [7, 11) is 0. The molecule has 0 spiro atoms. The van der Waals surface area contributed by atoms with E-state index in [0.717, 1.165) is 25.0 Å². The molecule has 1 aromatic heterocycles. The number of aromatic amines is 1. The lowest BCUT2D eigenvalue weighted by Gasteiger charge is -2.18. The van der Waals surface area contributed by atoms with E-state index in [1.165, 1.54) is 6.07 Å². The van der Waals surface area contributed by atoms with Gasteiger partial charge < -0.3 is 15.8 Å². The number of aromatic hydroxyl groups is 1. The largest absolute Gasteiger partial charge is 0.507 e. The molecule has 1 amide bonds. The molecular weight excluding hydrogens is 290 g/mol. The van der Waals surface area contributed by atoms with Gasteiger partial charge in [-0.05, 0) is 12.5 Å². The molecule has 6 heteroatoms. The van der Waals surface area contributed by atoms with Crippen LogP contribution >= 0.6 is 12.4 Å². The number of rotatable bonds is 6. The van der Waals surface area contributed by atoms with Gasteiger partial charge in [0.25, 0.3) is 5.91 Å². The monoisotopic (exact) mass is 309 g/mol. The molecule has 0 bridgehead atoms. The third-order valence-corrected chi connectivity index (χ3v) is 3.45. The highest BCUT2D eigenvalue weighted by molar-refractivity contribution is 5.96. The molecule has 1 heterocycles. The van der Waals surface area contributed by atoms with E-state index in [-0.39, 0.29) is 29.6 Å². The molecule has 114 valence electrons. The number of carbonyl (C=O) groups is 1. The van der Waals surface area contributed by atoms with Gasteiger partial charge in [-0.3, -0.25) is 4.79 Å². The third-order valence-electron chi connectivity index (χ3n) is 3.45. The van der Waals surface area contributed by atoms with Crippen molar-refractivity contribution in [1.29, 1.82) is 0 Å². The van der Waals surface area contributed by atoms with Gasteiger partial charge in [0.2, 0.25) is 0 Å². The van der Waals surface area contributed by atoms with Crippen LogP contribution in [0.25, 0.3) is 0 Å². The van der Waals surface area contributed by atoms with Gasteiger partial charge in [0.1, 0.15) is 5.75 Å². The summed E-state index contributed by atoms with van der Waals surface area (Å²) in [5, 5.41) is 10.3. The van der Waals surface area contributed by atoms with Crippen molar-refractivity contribution in [2.45, 2.75) is 32.1 Å². The zero-order chi connectivity index (χ0) is 14.5. The summed E-state index contributed by atoms with van der Waals surface area (Å²) in [5.74, 6) is -0.671. The van der Waals surface area contributed by atoms with E-state index in [9.17, 15) is 9.90 Å². The van der Waals surface area contributed by atoms with Gasteiger partial charge in [-0.15, -0.1) is 12.4 Å². The van der Waals surface area contributed by atoms with Gasteiger partial charge in [0.05, 0.1) is 11.9 Å². The molecule has 0 aliphatic carbocycles. The van der Waals surface area contributed by atoms with Crippen LogP contribution in [0.5, 0.6) is 5.75 Å². The maximum atomic E-state index is 11.3. The number of aromatic nitrogens is 2. The van der Waals surface area contributed by atoms with Crippen LogP contribution in [0.3, 0.4) is 0 Å². The minimum absolute atomic E-state index is 0. The molecule has 1 unspecified atom stereocenters. The van der Waals surface area contributed by atoms with Crippen molar-refractivity contribution in [2.75, 3.05) is 0 Å². The number of nitrogens with one attached hydrogen (secondary N) is 1. The van der Waals surface area contributed by atoms with Crippen molar-refractivity contribution in [3.63, 3.8) is 0 Å². The quantitative estimate of drug-likeness (QED) is 0.766. The summed E-state index contributed by atoms with van der Waals surface area (Å²) >= 11 is 0. The zero-order valence-corrected chi connectivity index (χ0v) is 12.7. The number of amides is 1. The average Bonchev–Trinajstić information content (AvgIpc) is 2.94. The van der Waals surface area contributed by atoms with Crippen LogP contribution in [0.2, 0.25) is 0 Å². The number of hydrogen-bond acceptors (Lipinski definition) is 3. The Morgan fingerprint density at radius 1 is 1.48 bits per heavy atom. The Morgan fingerprint density at radius 3 is 2.81 bits per heavy atom. The minimum atomic E-state index is -0.622. The standard InChI is InChI=1S/C15H19N3O2.ClH/c1-2-3-5-10(13-8-17-9-18-13)11-6-4-7-12(14(11)19)15(16)20;/h4,6-10,19H,2-3,5H2,1H3,(H2,16,20)(H,17,18);1H. The Bertz CT molecular complexity index is 585. The first-order valence-electron chi connectivity index (χ1n) is 6.75. The highest BCUT2D eigenvalue weighted by atomic mass is 35.5. The van der Waals surface area contributed by atoms with E-state index in [2.05, 4.69) is 16.9 Å². The van der Waals surface area contributed by atoms with Crippen molar-refractivity contribution in [3.05, 3.63) is 47.5 Å². The number of benzene rings is 1. The normalized spacial score (nSPS) is 11.7. The van der Waals surface area contributed by atoms with Crippen LogP contribution in [0.15, 0.2) is 30.7 Å². The van der Waals surface area contributed by atoms with E-state index in [0.29, 0.717) is 5.56 Å². The molecule has 4 N–H and O–H groups in total. The lowest BCUT2D eigenvalue weighted by molar-refractivity contribution is 0.0997. The number of unbranched alkanes of at least 4 members (excludes halogenated alkanes) is 1. The molecule has 0 aliphatic heterocycles. The lowest BCUT2D eigenvalue weighted by Crippen LogP contribution is -2.13. The number of phenols is 1. The van der Waals surface area contributed by atoms with Gasteiger partial charge in [-0.25, -0.2) is 4.98 Å². The van der Waals surface area contributed by atoms with Crippen LogP contribution in [-0.2, 0) is 0 Å². The second kappa shape index (κ2) is 7.69. The molecule has 0 saturated heterocycles.